The predicted octanol–water partition coefficient (Wildman–Crippen LogP) is 3.49. The molecule has 0 unspecified atom stereocenters. The molecule has 0 aromatic heterocycles. The molecule has 0 spiro atoms. The maximum atomic E-state index is 12.1. The minimum atomic E-state index is -1.26. The monoisotopic (exact) mass is 348 g/mol. The largest absolute Gasteiger partial charge is 0.478 e. The van der Waals surface area contributed by atoms with E-state index in [1.807, 2.05) is 6.07 Å². The predicted molar refractivity (Wildman–Crippen MR) is 85.7 cm³/mol. The molecule has 7 heteroatoms. The Morgan fingerprint density at radius 1 is 1.17 bits per heavy atom. The van der Waals surface area contributed by atoms with Gasteiger partial charge in [0, 0.05) is 12.1 Å². The zero-order valence-electron chi connectivity index (χ0n) is 11.6. The Hall–Kier alpha value is -2.55. The fraction of sp³-hybridized carbons (Fsp3) is 0.0625. The number of amides is 1. The van der Waals surface area contributed by atoms with Crippen molar-refractivity contribution in [2.45, 2.75) is 6.54 Å². The van der Waals surface area contributed by atoms with E-state index in [1.54, 1.807) is 24.3 Å². The van der Waals surface area contributed by atoms with Crippen LogP contribution in [-0.2, 0) is 6.54 Å². The highest BCUT2D eigenvalue weighted by atomic mass is 35.5. The molecule has 2 N–H and O–H groups in total. The van der Waals surface area contributed by atoms with Gasteiger partial charge in [0.1, 0.15) is 0 Å². The molecule has 0 atom stereocenters. The second kappa shape index (κ2) is 7.14. The van der Waals surface area contributed by atoms with Crippen molar-refractivity contribution in [1.82, 2.24) is 5.32 Å². The number of nitrogens with one attached hydrogen (secondary N) is 1. The fourth-order valence-corrected chi connectivity index (χ4v) is 2.59. The van der Waals surface area contributed by atoms with Crippen molar-refractivity contribution in [3.63, 3.8) is 0 Å². The number of nitriles is 1. The quantitative estimate of drug-likeness (QED) is 0.884. The number of carbonyl (C=O) groups excluding carboxylic acids is 1. The van der Waals surface area contributed by atoms with Gasteiger partial charge in [0.25, 0.3) is 5.91 Å². The van der Waals surface area contributed by atoms with Gasteiger partial charge in [0.2, 0.25) is 0 Å². The summed E-state index contributed by atoms with van der Waals surface area (Å²) in [6.45, 7) is 0.213. The molecule has 0 aliphatic carbocycles. The van der Waals surface area contributed by atoms with E-state index in [1.165, 1.54) is 12.1 Å². The van der Waals surface area contributed by atoms with Gasteiger partial charge in [-0.05, 0) is 29.8 Å². The number of carboxylic acids is 1. The molecule has 0 bridgehead atoms. The SMILES string of the molecule is N#Cc1cccc(CNC(=O)c2cc(Cl)c(C(=O)O)c(Cl)c2)c1. The van der Waals surface area contributed by atoms with Crippen molar-refractivity contribution in [2.75, 3.05) is 0 Å². The summed E-state index contributed by atoms with van der Waals surface area (Å²) in [5, 5.41) is 20.3. The van der Waals surface area contributed by atoms with Crippen LogP contribution in [0.2, 0.25) is 10.0 Å². The molecule has 2 rings (SSSR count). The summed E-state index contributed by atoms with van der Waals surface area (Å²) in [7, 11) is 0. The molecule has 1 amide bonds. The van der Waals surface area contributed by atoms with Gasteiger partial charge < -0.3 is 10.4 Å². The summed E-state index contributed by atoms with van der Waals surface area (Å²) in [5.41, 5.74) is 1.17. The minimum Gasteiger partial charge on any atom is -0.478 e. The van der Waals surface area contributed by atoms with Crippen molar-refractivity contribution >= 4 is 35.1 Å². The minimum absolute atomic E-state index is 0.110. The number of benzene rings is 2. The van der Waals surface area contributed by atoms with Gasteiger partial charge in [-0.15, -0.1) is 0 Å². The number of carbonyl (C=O) groups is 2. The smallest absolute Gasteiger partial charge is 0.338 e. The Kier molecular flexibility index (Phi) is 5.22. The van der Waals surface area contributed by atoms with Crippen LogP contribution in [0.5, 0.6) is 0 Å². The van der Waals surface area contributed by atoms with E-state index in [0.717, 1.165) is 5.56 Å². The lowest BCUT2D eigenvalue weighted by Crippen LogP contribution is -2.23. The second-order valence-electron chi connectivity index (χ2n) is 4.61. The number of hydrogen-bond donors (Lipinski definition) is 2. The van der Waals surface area contributed by atoms with Crippen LogP contribution in [-0.4, -0.2) is 17.0 Å². The topological polar surface area (TPSA) is 90.2 Å². The van der Waals surface area contributed by atoms with Crippen LogP contribution in [0.3, 0.4) is 0 Å². The Bertz CT molecular complexity index is 805. The van der Waals surface area contributed by atoms with Crippen LogP contribution in [0.25, 0.3) is 0 Å². The van der Waals surface area contributed by atoms with Crippen LogP contribution in [0, 0.1) is 11.3 Å². The summed E-state index contributed by atoms with van der Waals surface area (Å²) < 4.78 is 0. The van der Waals surface area contributed by atoms with Crippen molar-refractivity contribution in [3.05, 3.63) is 68.7 Å². The standard InChI is InChI=1S/C16H10Cl2N2O3/c17-12-5-11(6-13(18)14(12)16(22)23)15(21)20-8-10-3-1-2-9(4-10)7-19/h1-6H,8H2,(H,20,21)(H,22,23). The summed E-state index contributed by atoms with van der Waals surface area (Å²) in [5.74, 6) is -1.71. The summed E-state index contributed by atoms with van der Waals surface area (Å²) in [6, 6.07) is 11.3. The highest BCUT2D eigenvalue weighted by molar-refractivity contribution is 6.39. The maximum absolute atomic E-state index is 12.1. The lowest BCUT2D eigenvalue weighted by molar-refractivity contribution is 0.0696. The first-order chi connectivity index (χ1) is 10.9. The Morgan fingerprint density at radius 3 is 2.39 bits per heavy atom. The first-order valence-corrected chi connectivity index (χ1v) is 7.17. The van der Waals surface area contributed by atoms with Crippen molar-refractivity contribution < 1.29 is 14.7 Å². The summed E-state index contributed by atoms with van der Waals surface area (Å²) >= 11 is 11.7. The Labute approximate surface area is 142 Å². The molecule has 0 radical (unpaired) electrons. The second-order valence-corrected chi connectivity index (χ2v) is 5.43. The first kappa shape index (κ1) is 16.8. The molecule has 0 heterocycles. The fourth-order valence-electron chi connectivity index (χ4n) is 1.94. The molecule has 0 aliphatic heterocycles. The zero-order valence-corrected chi connectivity index (χ0v) is 13.1. The molecule has 2 aromatic rings. The van der Waals surface area contributed by atoms with Crippen LogP contribution < -0.4 is 5.32 Å². The van der Waals surface area contributed by atoms with Gasteiger partial charge >= 0.3 is 5.97 Å². The van der Waals surface area contributed by atoms with Gasteiger partial charge in [-0.1, -0.05) is 35.3 Å². The Balaban J connectivity index is 2.15. The van der Waals surface area contributed by atoms with Gasteiger partial charge in [0.15, 0.2) is 0 Å². The van der Waals surface area contributed by atoms with Crippen LogP contribution in [0.1, 0.15) is 31.8 Å². The van der Waals surface area contributed by atoms with Gasteiger partial charge in [-0.3, -0.25) is 4.79 Å². The third-order valence-electron chi connectivity index (χ3n) is 3.03. The number of aromatic carboxylic acids is 1. The maximum Gasteiger partial charge on any atom is 0.338 e. The average Bonchev–Trinajstić information content (AvgIpc) is 2.51. The third kappa shape index (κ3) is 4.01. The van der Waals surface area contributed by atoms with E-state index < -0.39 is 11.9 Å². The summed E-state index contributed by atoms with van der Waals surface area (Å²) in [4.78, 5) is 23.1. The lowest BCUT2D eigenvalue weighted by Gasteiger charge is -2.08. The molecule has 0 aliphatic rings. The van der Waals surface area contributed by atoms with E-state index in [9.17, 15) is 9.59 Å². The van der Waals surface area contributed by atoms with Gasteiger partial charge in [-0.2, -0.15) is 5.26 Å². The van der Waals surface area contributed by atoms with Crippen molar-refractivity contribution in [1.29, 1.82) is 5.26 Å². The van der Waals surface area contributed by atoms with E-state index in [2.05, 4.69) is 5.32 Å². The van der Waals surface area contributed by atoms with Crippen LogP contribution >= 0.6 is 23.2 Å². The zero-order chi connectivity index (χ0) is 17.0. The van der Waals surface area contributed by atoms with Crippen LogP contribution in [0.15, 0.2) is 36.4 Å². The average molecular weight is 349 g/mol. The number of hydrogen-bond acceptors (Lipinski definition) is 3. The van der Waals surface area contributed by atoms with Gasteiger partial charge in [0.05, 0.1) is 27.2 Å². The molecule has 2 aromatic carbocycles. The number of rotatable bonds is 4. The molecule has 0 fully saturated rings. The molecule has 116 valence electrons. The lowest BCUT2D eigenvalue weighted by atomic mass is 10.1. The molecular weight excluding hydrogens is 339 g/mol. The third-order valence-corrected chi connectivity index (χ3v) is 3.62. The van der Waals surface area contributed by atoms with Crippen molar-refractivity contribution in [3.8, 4) is 6.07 Å². The van der Waals surface area contributed by atoms with Crippen LogP contribution in [0.4, 0.5) is 0 Å². The highest BCUT2D eigenvalue weighted by Crippen LogP contribution is 2.26. The number of nitrogens with zero attached hydrogens (tertiary/aromatic N) is 1. The molecular formula is C16H10Cl2N2O3. The molecule has 0 saturated carbocycles. The van der Waals surface area contributed by atoms with Crippen molar-refractivity contribution in [2.24, 2.45) is 0 Å². The van der Waals surface area contributed by atoms with E-state index >= 15 is 0 Å². The van der Waals surface area contributed by atoms with E-state index in [4.69, 9.17) is 33.6 Å². The molecule has 0 saturated heterocycles. The number of halogens is 2. The normalized spacial score (nSPS) is 9.96. The summed E-state index contributed by atoms with van der Waals surface area (Å²) in [6.07, 6.45) is 0. The highest BCUT2D eigenvalue weighted by Gasteiger charge is 2.17. The van der Waals surface area contributed by atoms with Gasteiger partial charge in [-0.25, -0.2) is 4.79 Å². The van der Waals surface area contributed by atoms with E-state index in [-0.39, 0.29) is 27.7 Å². The molecule has 5 nitrogen and oxygen atoms in total. The first-order valence-electron chi connectivity index (χ1n) is 6.42. The van der Waals surface area contributed by atoms with E-state index in [0.29, 0.717) is 5.56 Å². The molecule has 23 heavy (non-hydrogen) atoms. The number of carboxylic acid groups (broad SMARTS) is 1. The Morgan fingerprint density at radius 2 is 1.83 bits per heavy atom.